The van der Waals surface area contributed by atoms with E-state index in [2.05, 4.69) is 47.9 Å². The largest absolute Gasteiger partial charge is 0.497 e. The number of hydrogen-bond donors (Lipinski definition) is 1. The minimum atomic E-state index is -2.00. The van der Waals surface area contributed by atoms with E-state index in [1.165, 1.54) is 12.7 Å². The van der Waals surface area contributed by atoms with Crippen LogP contribution in [0.15, 0.2) is 47.9 Å². The van der Waals surface area contributed by atoms with Crippen LogP contribution < -0.4 is 18.9 Å². The molecule has 1 N–H and O–H groups in total. The highest BCUT2D eigenvalue weighted by Gasteiger charge is 2.62. The van der Waals surface area contributed by atoms with E-state index >= 15 is 0 Å². The summed E-state index contributed by atoms with van der Waals surface area (Å²) in [5.41, 5.74) is 0.584. The second-order valence-corrected chi connectivity index (χ2v) is 21.9. The van der Waals surface area contributed by atoms with Crippen LogP contribution in [0.4, 0.5) is 0 Å². The number of benzene rings is 2. The monoisotopic (exact) mass is 998 g/mol. The molecule has 7 heterocycles. The van der Waals surface area contributed by atoms with Gasteiger partial charge in [-0.25, -0.2) is 9.59 Å². The molecule has 11 rings (SSSR count). The van der Waals surface area contributed by atoms with Gasteiger partial charge in [-0.1, -0.05) is 27.7 Å². The van der Waals surface area contributed by atoms with Crippen LogP contribution in [0.25, 0.3) is 0 Å². The lowest BCUT2D eigenvalue weighted by molar-refractivity contribution is -0.212. The van der Waals surface area contributed by atoms with Crippen molar-refractivity contribution in [3.8, 4) is 23.0 Å². The third kappa shape index (κ3) is 8.63. The molecule has 0 unspecified atom stereocenters. The van der Waals surface area contributed by atoms with Crippen LogP contribution in [-0.2, 0) is 60.4 Å². The normalized spacial score (nSPS) is 30.0. The number of methoxy groups -OCH3 is 3. The SMILES string of the molecule is COC(=O)C[C@](O)(CCC(C)C)C(=O)O[C@@H]1C(OC)=C[C@]23CCCN2CCc2cc4c(cc2[C@H]13)OCO4.COC1=C[C@]23CCCN2CCc2cc4c(cc2[C@@H]3[C@@H]1OC(=O)[C@@]1(CCC(C)C)CC(=O)O1)OCO4. The molecule has 0 saturated carbocycles. The zero-order valence-corrected chi connectivity index (χ0v) is 42.7. The Bertz CT molecular complexity index is 2530. The van der Waals surface area contributed by atoms with Crippen LogP contribution in [0, 0.1) is 11.8 Å². The molecule has 8 atom stereocenters. The molecule has 7 aliphatic heterocycles. The number of nitrogens with zero attached hydrogens (tertiary/aromatic N) is 2. The van der Waals surface area contributed by atoms with Gasteiger partial charge in [-0.15, -0.1) is 0 Å². The number of cyclic esters (lactones) is 1. The summed E-state index contributed by atoms with van der Waals surface area (Å²) in [6.45, 7) is 12.3. The van der Waals surface area contributed by atoms with Gasteiger partial charge in [0.15, 0.2) is 40.8 Å². The molecule has 9 aliphatic rings. The Kier molecular flexibility index (Phi) is 13.5. The van der Waals surface area contributed by atoms with Crippen LogP contribution >= 0.6 is 0 Å². The average Bonchev–Trinajstić information content (AvgIpc) is 4.22. The van der Waals surface area contributed by atoms with E-state index in [4.69, 9.17) is 47.4 Å². The van der Waals surface area contributed by atoms with Gasteiger partial charge in [0.2, 0.25) is 19.2 Å². The van der Waals surface area contributed by atoms with E-state index in [1.807, 2.05) is 26.0 Å². The first-order valence-electron chi connectivity index (χ1n) is 25.9. The summed E-state index contributed by atoms with van der Waals surface area (Å²) in [5, 5.41) is 11.4. The van der Waals surface area contributed by atoms with Crippen molar-refractivity contribution in [3.63, 3.8) is 0 Å². The summed E-state index contributed by atoms with van der Waals surface area (Å²) in [7, 11) is 4.45. The van der Waals surface area contributed by atoms with E-state index in [0.29, 0.717) is 36.0 Å². The summed E-state index contributed by atoms with van der Waals surface area (Å²) < 4.78 is 57.1. The van der Waals surface area contributed by atoms with Gasteiger partial charge in [0.1, 0.15) is 11.5 Å². The summed E-state index contributed by atoms with van der Waals surface area (Å²) >= 11 is 0. The van der Waals surface area contributed by atoms with Crippen LogP contribution in [0.3, 0.4) is 0 Å². The number of carbonyl (C=O) groups excluding carboxylic acids is 4. The molecule has 72 heavy (non-hydrogen) atoms. The fraction of sp³-hybridized carbons (Fsp3) is 0.636. The molecule has 0 amide bonds. The van der Waals surface area contributed by atoms with E-state index in [1.54, 1.807) is 14.2 Å². The fourth-order valence-corrected chi connectivity index (χ4v) is 13.1. The van der Waals surface area contributed by atoms with Crippen LogP contribution in [0.5, 0.6) is 23.0 Å². The van der Waals surface area contributed by atoms with Gasteiger partial charge in [-0.3, -0.25) is 19.4 Å². The third-order valence-electron chi connectivity index (χ3n) is 16.8. The standard InChI is InChI=1S/C28H37NO8.C27H33NO7/c1-17(2)6-9-28(32,15-23(30)34-4)26(31)37-25-22(33-3)14-27-8-5-10-29(27)11-7-18-12-20-21(36-16-35-20)13-19(18)24(25)27;1-16(2)5-8-27(14-22(29)35-27)25(30)34-24-21(31-3)13-26-7-4-9-28(26)10-6-17-11-19-20(33-15-32-19)12-18(17)23(24)26/h12-14,17,24-25,32H,5-11,15-16H2,1-4H3;11-13,16,23-24H,4-10,14-15H2,1-3H3/t24-,25-,27+,28-;23-,24-,26+,27-/m11/s1. The van der Waals surface area contributed by atoms with E-state index < -0.39 is 47.7 Å². The Morgan fingerprint density at radius 2 is 1.21 bits per heavy atom. The molecular weight excluding hydrogens is 929 g/mol. The smallest absolute Gasteiger partial charge is 0.351 e. The first kappa shape index (κ1) is 50.0. The second kappa shape index (κ2) is 19.4. The van der Waals surface area contributed by atoms with Gasteiger partial charge in [0, 0.05) is 13.1 Å². The highest BCUT2D eigenvalue weighted by atomic mass is 16.7. The van der Waals surface area contributed by atoms with Gasteiger partial charge in [0.25, 0.3) is 0 Å². The number of esters is 4. The Hall–Kier alpha value is -5.52. The van der Waals surface area contributed by atoms with Crippen LogP contribution in [0.1, 0.15) is 126 Å². The lowest BCUT2D eigenvalue weighted by Crippen LogP contribution is -2.56. The second-order valence-electron chi connectivity index (χ2n) is 21.9. The third-order valence-corrected chi connectivity index (χ3v) is 16.8. The Morgan fingerprint density at radius 1 is 0.722 bits per heavy atom. The molecule has 0 bridgehead atoms. The Labute approximate surface area is 421 Å². The van der Waals surface area contributed by atoms with Gasteiger partial charge < -0.3 is 52.5 Å². The van der Waals surface area contributed by atoms with Crippen molar-refractivity contribution < 1.29 is 71.7 Å². The number of aliphatic hydroxyl groups is 1. The zero-order valence-electron chi connectivity index (χ0n) is 42.7. The topological polar surface area (TPSA) is 187 Å². The fourth-order valence-electron chi connectivity index (χ4n) is 13.1. The highest BCUT2D eigenvalue weighted by Crippen LogP contribution is 2.58. The predicted molar refractivity (Wildman–Crippen MR) is 258 cm³/mol. The lowest BCUT2D eigenvalue weighted by atomic mass is 9.77. The van der Waals surface area contributed by atoms with Crippen molar-refractivity contribution in [1.29, 1.82) is 0 Å². The number of fused-ring (bicyclic) bond motifs is 6. The van der Waals surface area contributed by atoms with E-state index in [9.17, 15) is 24.3 Å². The minimum Gasteiger partial charge on any atom is -0.497 e. The number of hydrogen-bond acceptors (Lipinski definition) is 17. The molecule has 17 nitrogen and oxygen atoms in total. The quantitative estimate of drug-likeness (QED) is 0.159. The highest BCUT2D eigenvalue weighted by molar-refractivity contribution is 5.93. The summed E-state index contributed by atoms with van der Waals surface area (Å²) in [6.07, 6.45) is 10.0. The summed E-state index contributed by atoms with van der Waals surface area (Å²) in [4.78, 5) is 56.3. The number of ether oxygens (including phenoxy) is 10. The number of rotatable bonds is 14. The molecule has 2 aromatic rings. The van der Waals surface area contributed by atoms with Crippen molar-refractivity contribution in [1.82, 2.24) is 9.80 Å². The predicted octanol–water partition coefficient (Wildman–Crippen LogP) is 6.54. The minimum absolute atomic E-state index is 0.0640. The molecule has 3 fully saturated rings. The van der Waals surface area contributed by atoms with Gasteiger partial charge in [-0.05, 0) is 148 Å². The molecule has 2 aliphatic carbocycles. The average molecular weight is 999 g/mol. The Morgan fingerprint density at radius 3 is 1.67 bits per heavy atom. The van der Waals surface area contributed by atoms with Crippen molar-refractivity contribution in [2.45, 2.75) is 151 Å². The maximum atomic E-state index is 13.7. The molecule has 390 valence electrons. The maximum absolute atomic E-state index is 13.7. The summed E-state index contributed by atoms with van der Waals surface area (Å²) in [6, 6.07) is 8.19. The molecular formula is C55H70N2O15. The van der Waals surface area contributed by atoms with Crippen molar-refractivity contribution in [2.75, 3.05) is 61.1 Å². The van der Waals surface area contributed by atoms with Crippen LogP contribution in [-0.4, -0.2) is 134 Å². The number of carbonyl (C=O) groups is 4. The lowest BCUT2D eigenvalue weighted by Gasteiger charge is -2.42. The molecule has 3 saturated heterocycles. The van der Waals surface area contributed by atoms with Crippen LogP contribution in [0.2, 0.25) is 0 Å². The summed E-state index contributed by atoms with van der Waals surface area (Å²) in [5.74, 6) is 1.99. The van der Waals surface area contributed by atoms with Crippen molar-refractivity contribution in [2.24, 2.45) is 11.8 Å². The molecule has 17 heteroatoms. The first-order valence-corrected chi connectivity index (χ1v) is 25.9. The first-order chi connectivity index (χ1) is 34.6. The van der Waals surface area contributed by atoms with Gasteiger partial charge >= 0.3 is 23.9 Å². The van der Waals surface area contributed by atoms with Crippen molar-refractivity contribution >= 4 is 23.9 Å². The zero-order chi connectivity index (χ0) is 50.7. The van der Waals surface area contributed by atoms with E-state index in [0.717, 1.165) is 105 Å². The molecule has 2 aromatic carbocycles. The van der Waals surface area contributed by atoms with Gasteiger partial charge in [0.05, 0.1) is 57.1 Å². The van der Waals surface area contributed by atoms with Gasteiger partial charge in [-0.2, -0.15) is 0 Å². The maximum Gasteiger partial charge on any atom is 0.351 e. The van der Waals surface area contributed by atoms with Crippen molar-refractivity contribution in [3.05, 3.63) is 70.2 Å². The van der Waals surface area contributed by atoms with E-state index in [-0.39, 0.29) is 61.2 Å². The molecule has 0 radical (unpaired) electrons. The molecule has 0 aromatic heterocycles. The molecule has 2 spiro atoms. The Balaban J connectivity index is 0.000000166.